The van der Waals surface area contributed by atoms with Crippen LogP contribution in [-0.2, 0) is 23.0 Å². The van der Waals surface area contributed by atoms with Gasteiger partial charge in [0.1, 0.15) is 12.4 Å². The highest BCUT2D eigenvalue weighted by Crippen LogP contribution is 2.36. The van der Waals surface area contributed by atoms with Gasteiger partial charge in [0, 0.05) is 18.5 Å². The van der Waals surface area contributed by atoms with Crippen LogP contribution in [0.2, 0.25) is 0 Å². The average Bonchev–Trinajstić information content (AvgIpc) is 2.61. The molecule has 2 aromatic carbocycles. The lowest BCUT2D eigenvalue weighted by molar-refractivity contribution is 0.238. The molecule has 0 bridgehead atoms. The van der Waals surface area contributed by atoms with Crippen LogP contribution in [0.3, 0.4) is 0 Å². The van der Waals surface area contributed by atoms with Crippen molar-refractivity contribution < 1.29 is 13.2 Å². The smallest absolute Gasteiger partial charge is 0.214 e. The second-order valence-corrected chi connectivity index (χ2v) is 9.61. The summed E-state index contributed by atoms with van der Waals surface area (Å²) in [5.74, 6) is 1.00. The molecular weight excluding hydrogens is 360 g/mol. The maximum atomic E-state index is 12.3. The quantitative estimate of drug-likeness (QED) is 0.800. The summed E-state index contributed by atoms with van der Waals surface area (Å²) in [6.07, 6.45) is 3.37. The van der Waals surface area contributed by atoms with Gasteiger partial charge in [0.15, 0.2) is 0 Å². The van der Waals surface area contributed by atoms with E-state index < -0.39 is 10.0 Å². The maximum absolute atomic E-state index is 12.3. The molecule has 144 valence electrons. The van der Waals surface area contributed by atoms with E-state index in [2.05, 4.69) is 16.9 Å². The van der Waals surface area contributed by atoms with E-state index in [9.17, 15) is 8.42 Å². The van der Waals surface area contributed by atoms with Crippen molar-refractivity contribution >= 4 is 10.0 Å². The Labute approximate surface area is 161 Å². The average molecular weight is 387 g/mol. The molecule has 0 spiro atoms. The number of sulfonamides is 1. The van der Waals surface area contributed by atoms with Crippen LogP contribution < -0.4 is 15.2 Å². The number of rotatable bonds is 6. The molecule has 2 atom stereocenters. The van der Waals surface area contributed by atoms with Gasteiger partial charge in [-0.2, -0.15) is 0 Å². The highest BCUT2D eigenvalue weighted by Gasteiger charge is 2.31. The lowest BCUT2D eigenvalue weighted by Gasteiger charge is -2.32. The van der Waals surface area contributed by atoms with Crippen LogP contribution in [-0.4, -0.2) is 26.3 Å². The molecule has 1 saturated carbocycles. The minimum atomic E-state index is -3.22. The second-order valence-electron chi connectivity index (χ2n) is 7.56. The SMILES string of the molecule is N[C@H]1COc2ccc(CNS(=O)(=O)C3CCC3)cc2[C@H]1Cc1ccccc1. The first kappa shape index (κ1) is 18.5. The summed E-state index contributed by atoms with van der Waals surface area (Å²) in [5, 5.41) is -0.224. The minimum Gasteiger partial charge on any atom is -0.492 e. The molecule has 6 heteroatoms. The van der Waals surface area contributed by atoms with Crippen LogP contribution in [0, 0.1) is 0 Å². The molecule has 0 saturated heterocycles. The Morgan fingerprint density at radius 3 is 2.56 bits per heavy atom. The molecular formula is C21H26N2O3S. The molecule has 0 radical (unpaired) electrons. The van der Waals surface area contributed by atoms with E-state index >= 15 is 0 Å². The molecule has 2 aliphatic rings. The molecule has 1 aliphatic heterocycles. The first-order chi connectivity index (χ1) is 13.0. The van der Waals surface area contributed by atoms with Crippen LogP contribution in [0.5, 0.6) is 5.75 Å². The molecule has 2 aromatic rings. The van der Waals surface area contributed by atoms with Crippen molar-refractivity contribution in [3.63, 3.8) is 0 Å². The molecule has 27 heavy (non-hydrogen) atoms. The predicted octanol–water partition coefficient (Wildman–Crippen LogP) is 2.70. The number of benzene rings is 2. The summed E-state index contributed by atoms with van der Waals surface area (Å²) in [6.45, 7) is 0.803. The Bertz CT molecular complexity index is 895. The highest BCUT2D eigenvalue weighted by molar-refractivity contribution is 7.90. The van der Waals surface area contributed by atoms with Crippen molar-refractivity contribution in [2.75, 3.05) is 6.61 Å². The number of nitrogens with one attached hydrogen (secondary N) is 1. The topological polar surface area (TPSA) is 81.4 Å². The van der Waals surface area contributed by atoms with Crippen molar-refractivity contribution in [2.45, 2.75) is 49.4 Å². The minimum absolute atomic E-state index is 0.0837. The van der Waals surface area contributed by atoms with E-state index in [4.69, 9.17) is 10.5 Å². The molecule has 0 unspecified atom stereocenters. The van der Waals surface area contributed by atoms with Crippen LogP contribution in [0.15, 0.2) is 48.5 Å². The summed E-state index contributed by atoms with van der Waals surface area (Å²) in [5.41, 5.74) is 9.61. The maximum Gasteiger partial charge on any atom is 0.214 e. The van der Waals surface area contributed by atoms with Crippen molar-refractivity contribution in [2.24, 2.45) is 5.73 Å². The normalized spacial score (nSPS) is 22.6. The molecule has 1 heterocycles. The lowest BCUT2D eigenvalue weighted by atomic mass is 9.84. The van der Waals surface area contributed by atoms with E-state index in [1.807, 2.05) is 36.4 Å². The molecule has 5 nitrogen and oxygen atoms in total. The third-order valence-corrected chi connectivity index (χ3v) is 7.58. The summed E-state index contributed by atoms with van der Waals surface area (Å²) >= 11 is 0. The first-order valence-corrected chi connectivity index (χ1v) is 11.1. The van der Waals surface area contributed by atoms with Crippen molar-refractivity contribution in [1.82, 2.24) is 4.72 Å². The third kappa shape index (κ3) is 4.03. The monoisotopic (exact) mass is 386 g/mol. The zero-order valence-corrected chi connectivity index (χ0v) is 16.1. The Hall–Kier alpha value is -1.89. The van der Waals surface area contributed by atoms with Gasteiger partial charge in [-0.3, -0.25) is 0 Å². The molecule has 0 amide bonds. The zero-order valence-electron chi connectivity index (χ0n) is 15.3. The fourth-order valence-corrected chi connectivity index (χ4v) is 5.33. The van der Waals surface area contributed by atoms with Gasteiger partial charge >= 0.3 is 0 Å². The van der Waals surface area contributed by atoms with Crippen LogP contribution in [0.1, 0.15) is 41.9 Å². The van der Waals surface area contributed by atoms with Gasteiger partial charge in [-0.1, -0.05) is 48.9 Å². The Balaban J connectivity index is 1.53. The summed E-state index contributed by atoms with van der Waals surface area (Å²) in [7, 11) is -3.22. The molecule has 4 rings (SSSR count). The number of hydrogen-bond acceptors (Lipinski definition) is 4. The fourth-order valence-electron chi connectivity index (χ4n) is 3.77. The van der Waals surface area contributed by atoms with Crippen LogP contribution >= 0.6 is 0 Å². The van der Waals surface area contributed by atoms with Gasteiger partial charge in [-0.05, 0) is 42.0 Å². The number of fused-ring (bicyclic) bond motifs is 1. The van der Waals surface area contributed by atoms with Gasteiger partial charge in [-0.15, -0.1) is 0 Å². The second kappa shape index (κ2) is 7.62. The van der Waals surface area contributed by atoms with Gasteiger partial charge in [-0.25, -0.2) is 13.1 Å². The summed E-state index contributed by atoms with van der Waals surface area (Å²) in [4.78, 5) is 0. The van der Waals surface area contributed by atoms with E-state index in [0.29, 0.717) is 13.2 Å². The van der Waals surface area contributed by atoms with Crippen LogP contribution in [0.25, 0.3) is 0 Å². The van der Waals surface area contributed by atoms with Crippen molar-refractivity contribution in [1.29, 1.82) is 0 Å². The van der Waals surface area contributed by atoms with Gasteiger partial charge in [0.2, 0.25) is 10.0 Å². The largest absolute Gasteiger partial charge is 0.492 e. The predicted molar refractivity (Wildman–Crippen MR) is 106 cm³/mol. The van der Waals surface area contributed by atoms with E-state index in [1.54, 1.807) is 0 Å². The van der Waals surface area contributed by atoms with Crippen LogP contribution in [0.4, 0.5) is 0 Å². The molecule has 1 fully saturated rings. The number of nitrogens with two attached hydrogens (primary N) is 1. The van der Waals surface area contributed by atoms with Gasteiger partial charge < -0.3 is 10.5 Å². The Morgan fingerprint density at radius 2 is 1.85 bits per heavy atom. The highest BCUT2D eigenvalue weighted by atomic mass is 32.2. The summed E-state index contributed by atoms with van der Waals surface area (Å²) < 4.78 is 33.1. The van der Waals surface area contributed by atoms with Crippen molar-refractivity contribution in [3.8, 4) is 5.75 Å². The molecule has 3 N–H and O–H groups in total. The van der Waals surface area contributed by atoms with E-state index in [0.717, 1.165) is 42.6 Å². The van der Waals surface area contributed by atoms with E-state index in [1.165, 1.54) is 5.56 Å². The Morgan fingerprint density at radius 1 is 1.07 bits per heavy atom. The molecule has 0 aromatic heterocycles. The fraction of sp³-hybridized carbons (Fsp3) is 0.429. The lowest BCUT2D eigenvalue weighted by Crippen LogP contribution is -2.39. The van der Waals surface area contributed by atoms with Gasteiger partial charge in [0.25, 0.3) is 0 Å². The molecule has 1 aliphatic carbocycles. The first-order valence-electron chi connectivity index (χ1n) is 9.56. The van der Waals surface area contributed by atoms with Crippen molar-refractivity contribution in [3.05, 3.63) is 65.2 Å². The number of ether oxygens (including phenoxy) is 1. The van der Waals surface area contributed by atoms with E-state index in [-0.39, 0.29) is 17.2 Å². The zero-order chi connectivity index (χ0) is 18.9. The van der Waals surface area contributed by atoms with Gasteiger partial charge in [0.05, 0.1) is 5.25 Å². The standard InChI is InChI=1S/C21H26N2O3S/c22-20-14-26-21-10-9-16(13-23-27(24,25)17-7-4-8-17)12-19(21)18(20)11-15-5-2-1-3-6-15/h1-3,5-6,9-10,12,17-18,20,23H,4,7-8,11,13-14,22H2/t18-,20+/m1/s1. The third-order valence-electron chi connectivity index (χ3n) is 5.69. The number of hydrogen-bond donors (Lipinski definition) is 2. The Kier molecular flexibility index (Phi) is 5.21. The summed E-state index contributed by atoms with van der Waals surface area (Å²) in [6, 6.07) is 16.1.